The molecule has 1 N–H and O–H groups in total. The lowest BCUT2D eigenvalue weighted by Gasteiger charge is -2.10. The Morgan fingerprint density at radius 3 is 1.95 bits per heavy atom. The Morgan fingerprint density at radius 2 is 1.30 bits per heavy atom. The Bertz CT molecular complexity index is 1440. The Balaban J connectivity index is 1.55. The molecule has 0 spiro atoms. The molecule has 37 heavy (non-hydrogen) atoms. The van der Waals surface area contributed by atoms with Crippen LogP contribution in [0.3, 0.4) is 0 Å². The first-order chi connectivity index (χ1) is 18.0. The van der Waals surface area contributed by atoms with E-state index >= 15 is 0 Å². The van der Waals surface area contributed by atoms with Crippen molar-refractivity contribution < 1.29 is 28.6 Å². The zero-order valence-corrected chi connectivity index (χ0v) is 19.8. The fourth-order valence-electron chi connectivity index (χ4n) is 3.24. The van der Waals surface area contributed by atoms with Gasteiger partial charge in [-0.1, -0.05) is 42.5 Å². The minimum atomic E-state index is -0.609. The highest BCUT2D eigenvalue weighted by Gasteiger charge is 2.15. The quantitative estimate of drug-likeness (QED) is 0.162. The number of ether oxygens (including phenoxy) is 3. The second kappa shape index (κ2) is 11.9. The number of nitrogens with zero attached hydrogens (tertiary/aromatic N) is 1. The van der Waals surface area contributed by atoms with Crippen molar-refractivity contribution >= 4 is 24.1 Å². The summed E-state index contributed by atoms with van der Waals surface area (Å²) < 4.78 is 16.2. The highest BCUT2D eigenvalue weighted by Crippen LogP contribution is 2.26. The van der Waals surface area contributed by atoms with E-state index in [1.165, 1.54) is 25.5 Å². The molecule has 4 aromatic carbocycles. The van der Waals surface area contributed by atoms with Crippen LogP contribution in [-0.2, 0) is 0 Å². The van der Waals surface area contributed by atoms with Gasteiger partial charge in [-0.25, -0.2) is 15.0 Å². The number of hydrazone groups is 1. The predicted molar refractivity (Wildman–Crippen MR) is 137 cm³/mol. The molecule has 8 heteroatoms. The number of carbonyl (C=O) groups excluding carboxylic acids is 3. The van der Waals surface area contributed by atoms with Gasteiger partial charge in [0, 0.05) is 17.2 Å². The maximum Gasteiger partial charge on any atom is 0.343 e. The Morgan fingerprint density at radius 1 is 0.676 bits per heavy atom. The zero-order chi connectivity index (χ0) is 26.0. The summed E-state index contributed by atoms with van der Waals surface area (Å²) in [4.78, 5) is 37.6. The van der Waals surface area contributed by atoms with Crippen molar-refractivity contribution in [2.75, 3.05) is 7.11 Å². The summed E-state index contributed by atoms with van der Waals surface area (Å²) in [6.07, 6.45) is 1.33. The standard InChI is InChI=1S/C29H22N2O6/c1-35-24-14-8-13-22(17-24)27(32)31-30-19-23-15-16-25(36-28(33)20-9-4-2-5-10-20)18-26(23)37-29(34)21-11-6-3-7-12-21/h2-19H,1H3,(H,31,32). The number of methoxy groups -OCH3 is 1. The summed E-state index contributed by atoms with van der Waals surface area (Å²) in [5.74, 6) is -0.831. The fraction of sp³-hybridized carbons (Fsp3) is 0.0345. The van der Waals surface area contributed by atoms with Crippen LogP contribution in [0.2, 0.25) is 0 Å². The van der Waals surface area contributed by atoms with Gasteiger partial charge < -0.3 is 14.2 Å². The van der Waals surface area contributed by atoms with E-state index in [1.54, 1.807) is 91.0 Å². The van der Waals surface area contributed by atoms with E-state index in [4.69, 9.17) is 14.2 Å². The molecule has 0 atom stereocenters. The molecule has 0 aliphatic carbocycles. The molecule has 4 aromatic rings. The SMILES string of the molecule is COc1cccc(C(=O)NN=Cc2ccc(OC(=O)c3ccccc3)cc2OC(=O)c2ccccc2)c1. The summed E-state index contributed by atoms with van der Waals surface area (Å²) in [5, 5.41) is 3.99. The van der Waals surface area contributed by atoms with Crippen LogP contribution in [0.25, 0.3) is 0 Å². The second-order valence-electron chi connectivity index (χ2n) is 7.64. The predicted octanol–water partition coefficient (Wildman–Crippen LogP) is 4.90. The summed E-state index contributed by atoms with van der Waals surface area (Å²) in [5.41, 5.74) is 3.86. The van der Waals surface area contributed by atoms with Crippen molar-refractivity contribution in [2.24, 2.45) is 5.10 Å². The van der Waals surface area contributed by atoms with Crippen molar-refractivity contribution in [3.63, 3.8) is 0 Å². The lowest BCUT2D eigenvalue weighted by Crippen LogP contribution is -2.17. The van der Waals surface area contributed by atoms with E-state index < -0.39 is 17.8 Å². The number of benzene rings is 4. The van der Waals surface area contributed by atoms with Gasteiger partial charge in [-0.15, -0.1) is 0 Å². The van der Waals surface area contributed by atoms with Gasteiger partial charge in [-0.05, 0) is 54.6 Å². The molecule has 0 unspecified atom stereocenters. The number of amides is 1. The van der Waals surface area contributed by atoms with Gasteiger partial charge in [0.15, 0.2) is 0 Å². The molecule has 0 aromatic heterocycles. The molecule has 4 rings (SSSR count). The van der Waals surface area contributed by atoms with Gasteiger partial charge in [0.05, 0.1) is 24.5 Å². The number of hydrogen-bond donors (Lipinski definition) is 1. The number of hydrogen-bond acceptors (Lipinski definition) is 7. The third kappa shape index (κ3) is 6.67. The molecule has 0 radical (unpaired) electrons. The molecule has 0 heterocycles. The summed E-state index contributed by atoms with van der Waals surface area (Å²) in [7, 11) is 1.51. The lowest BCUT2D eigenvalue weighted by atomic mass is 10.2. The molecule has 0 bridgehead atoms. The largest absolute Gasteiger partial charge is 0.497 e. The van der Waals surface area contributed by atoms with E-state index in [9.17, 15) is 14.4 Å². The molecule has 1 amide bonds. The number of esters is 2. The molecule has 0 saturated carbocycles. The molecular formula is C29H22N2O6. The molecule has 0 aliphatic heterocycles. The Hall–Kier alpha value is -5.24. The van der Waals surface area contributed by atoms with Gasteiger partial charge >= 0.3 is 11.9 Å². The van der Waals surface area contributed by atoms with Gasteiger partial charge in [0.25, 0.3) is 5.91 Å². The normalized spacial score (nSPS) is 10.5. The van der Waals surface area contributed by atoms with Crippen LogP contribution in [0.15, 0.2) is 108 Å². The van der Waals surface area contributed by atoms with Gasteiger partial charge in [0.2, 0.25) is 0 Å². The smallest absolute Gasteiger partial charge is 0.343 e. The van der Waals surface area contributed by atoms with Crippen LogP contribution in [0.5, 0.6) is 17.2 Å². The van der Waals surface area contributed by atoms with E-state index in [0.29, 0.717) is 28.0 Å². The highest BCUT2D eigenvalue weighted by molar-refractivity contribution is 5.96. The van der Waals surface area contributed by atoms with E-state index in [1.807, 2.05) is 0 Å². The van der Waals surface area contributed by atoms with Crippen LogP contribution in [0.1, 0.15) is 36.6 Å². The topological polar surface area (TPSA) is 103 Å². The third-order valence-electron chi connectivity index (χ3n) is 5.12. The van der Waals surface area contributed by atoms with Crippen LogP contribution in [-0.4, -0.2) is 31.2 Å². The van der Waals surface area contributed by atoms with Crippen molar-refractivity contribution in [1.82, 2.24) is 5.43 Å². The lowest BCUT2D eigenvalue weighted by molar-refractivity contribution is 0.0732. The van der Waals surface area contributed by atoms with Gasteiger partial charge in [-0.2, -0.15) is 5.10 Å². The van der Waals surface area contributed by atoms with Crippen molar-refractivity contribution in [3.05, 3.63) is 125 Å². The number of carbonyl (C=O) groups is 3. The molecule has 0 fully saturated rings. The summed E-state index contributed by atoms with van der Waals surface area (Å²) in [6, 6.07) is 28.0. The first kappa shape index (κ1) is 24.9. The van der Waals surface area contributed by atoms with Crippen LogP contribution in [0.4, 0.5) is 0 Å². The molecule has 0 saturated heterocycles. The summed E-state index contributed by atoms with van der Waals surface area (Å²) >= 11 is 0. The van der Waals surface area contributed by atoms with Crippen molar-refractivity contribution in [2.45, 2.75) is 0 Å². The Labute approximate surface area is 213 Å². The number of rotatable bonds is 8. The second-order valence-corrected chi connectivity index (χ2v) is 7.64. The van der Waals surface area contributed by atoms with E-state index in [0.717, 1.165) is 0 Å². The molecular weight excluding hydrogens is 472 g/mol. The molecule has 0 aliphatic rings. The maximum absolute atomic E-state index is 12.7. The van der Waals surface area contributed by atoms with Crippen LogP contribution < -0.4 is 19.6 Å². The van der Waals surface area contributed by atoms with Gasteiger partial charge in [0.1, 0.15) is 17.2 Å². The average Bonchev–Trinajstić information content (AvgIpc) is 2.95. The van der Waals surface area contributed by atoms with Crippen molar-refractivity contribution in [3.8, 4) is 17.2 Å². The van der Waals surface area contributed by atoms with Gasteiger partial charge in [-0.3, -0.25) is 4.79 Å². The highest BCUT2D eigenvalue weighted by atomic mass is 16.5. The minimum absolute atomic E-state index is 0.0894. The van der Waals surface area contributed by atoms with Crippen LogP contribution >= 0.6 is 0 Å². The minimum Gasteiger partial charge on any atom is -0.497 e. The number of nitrogens with one attached hydrogen (secondary N) is 1. The van der Waals surface area contributed by atoms with E-state index in [2.05, 4.69) is 10.5 Å². The fourth-order valence-corrected chi connectivity index (χ4v) is 3.24. The monoisotopic (exact) mass is 494 g/mol. The molecule has 184 valence electrons. The Kier molecular flexibility index (Phi) is 8.03. The first-order valence-corrected chi connectivity index (χ1v) is 11.2. The third-order valence-corrected chi connectivity index (χ3v) is 5.12. The molecule has 8 nitrogen and oxygen atoms in total. The average molecular weight is 495 g/mol. The first-order valence-electron chi connectivity index (χ1n) is 11.2. The van der Waals surface area contributed by atoms with Crippen LogP contribution in [0, 0.1) is 0 Å². The zero-order valence-electron chi connectivity index (χ0n) is 19.8. The summed E-state index contributed by atoms with van der Waals surface area (Å²) in [6.45, 7) is 0. The maximum atomic E-state index is 12.7. The van der Waals surface area contributed by atoms with E-state index in [-0.39, 0.29) is 11.5 Å². The van der Waals surface area contributed by atoms with Crippen molar-refractivity contribution in [1.29, 1.82) is 0 Å².